The summed E-state index contributed by atoms with van der Waals surface area (Å²) in [6.07, 6.45) is 3.78. The predicted octanol–water partition coefficient (Wildman–Crippen LogP) is 2.23. The Hall–Kier alpha value is -2.54. The largest absolute Gasteiger partial charge is 0.496 e. The van der Waals surface area contributed by atoms with Crippen molar-refractivity contribution in [1.29, 1.82) is 0 Å². The fraction of sp³-hybridized carbons (Fsp3) is 0.474. The first-order chi connectivity index (χ1) is 12.5. The standard InChI is InChI=1S/C19H28N4O3/c1-5-6-9-21-17-10-13(2)23(19(20)22-17)12-15-8-7-14(18(24)26-4)11-16(15)25-3/h7-8,10-11,19H,5-6,9,12,20H2,1-4H3,(H,21,22). The molecule has 1 unspecified atom stereocenters. The van der Waals surface area contributed by atoms with Crippen LogP contribution in [0.25, 0.3) is 0 Å². The maximum absolute atomic E-state index is 11.7. The Morgan fingerprint density at radius 2 is 2.15 bits per heavy atom. The molecule has 0 aliphatic carbocycles. The van der Waals surface area contributed by atoms with Gasteiger partial charge in [0.2, 0.25) is 0 Å². The Labute approximate surface area is 154 Å². The van der Waals surface area contributed by atoms with Crippen LogP contribution in [0, 0.1) is 0 Å². The molecular weight excluding hydrogens is 332 g/mol. The van der Waals surface area contributed by atoms with E-state index in [4.69, 9.17) is 15.2 Å². The van der Waals surface area contributed by atoms with Crippen LogP contribution in [-0.2, 0) is 11.3 Å². The zero-order chi connectivity index (χ0) is 19.1. The molecule has 0 spiro atoms. The molecular formula is C19H28N4O3. The number of methoxy groups -OCH3 is 2. The van der Waals surface area contributed by atoms with E-state index in [-0.39, 0.29) is 6.29 Å². The lowest BCUT2D eigenvalue weighted by Gasteiger charge is -2.36. The molecule has 1 aliphatic rings. The number of esters is 1. The van der Waals surface area contributed by atoms with Gasteiger partial charge >= 0.3 is 5.97 Å². The Bertz CT molecular complexity index is 700. The number of benzene rings is 1. The molecule has 1 aromatic carbocycles. The van der Waals surface area contributed by atoms with Crippen molar-refractivity contribution in [1.82, 2.24) is 10.2 Å². The number of carbonyl (C=O) groups is 1. The van der Waals surface area contributed by atoms with Crippen LogP contribution in [0.2, 0.25) is 0 Å². The number of allylic oxidation sites excluding steroid dienone is 1. The molecule has 0 bridgehead atoms. The van der Waals surface area contributed by atoms with Gasteiger partial charge in [-0.2, -0.15) is 0 Å². The fourth-order valence-corrected chi connectivity index (χ4v) is 2.75. The molecule has 1 heterocycles. The maximum Gasteiger partial charge on any atom is 0.337 e. The highest BCUT2D eigenvalue weighted by Crippen LogP contribution is 2.25. The minimum absolute atomic E-state index is 0.384. The smallest absolute Gasteiger partial charge is 0.337 e. The molecule has 26 heavy (non-hydrogen) atoms. The van der Waals surface area contributed by atoms with E-state index < -0.39 is 5.97 Å². The topological polar surface area (TPSA) is 89.2 Å². The lowest BCUT2D eigenvalue weighted by molar-refractivity contribution is 0.0600. The Morgan fingerprint density at radius 3 is 2.77 bits per heavy atom. The van der Waals surface area contributed by atoms with Crippen LogP contribution in [0.5, 0.6) is 5.75 Å². The number of nitrogens with two attached hydrogens (primary N) is 1. The number of nitrogens with zero attached hydrogens (tertiary/aromatic N) is 2. The second-order valence-electron chi connectivity index (χ2n) is 6.14. The van der Waals surface area contributed by atoms with Gasteiger partial charge in [0.15, 0.2) is 6.29 Å². The minimum Gasteiger partial charge on any atom is -0.496 e. The van der Waals surface area contributed by atoms with Crippen LogP contribution in [0.1, 0.15) is 42.6 Å². The molecule has 0 saturated heterocycles. The lowest BCUT2D eigenvalue weighted by atomic mass is 10.1. The number of ether oxygens (including phenoxy) is 2. The number of unbranched alkanes of at least 4 members (excludes halogenated alkanes) is 1. The zero-order valence-corrected chi connectivity index (χ0v) is 15.9. The number of amidine groups is 1. The fourth-order valence-electron chi connectivity index (χ4n) is 2.75. The van der Waals surface area contributed by atoms with Crippen LogP contribution in [0.3, 0.4) is 0 Å². The highest BCUT2D eigenvalue weighted by Gasteiger charge is 2.22. The molecule has 7 heteroatoms. The average Bonchev–Trinajstić information content (AvgIpc) is 2.64. The molecule has 0 saturated carbocycles. The molecule has 1 aromatic rings. The molecule has 0 fully saturated rings. The summed E-state index contributed by atoms with van der Waals surface area (Å²) >= 11 is 0. The van der Waals surface area contributed by atoms with E-state index in [1.165, 1.54) is 7.11 Å². The first kappa shape index (κ1) is 19.8. The van der Waals surface area contributed by atoms with Crippen LogP contribution >= 0.6 is 0 Å². The highest BCUT2D eigenvalue weighted by atomic mass is 16.5. The second-order valence-corrected chi connectivity index (χ2v) is 6.14. The van der Waals surface area contributed by atoms with Crippen molar-refractivity contribution in [3.63, 3.8) is 0 Å². The Morgan fingerprint density at radius 1 is 1.38 bits per heavy atom. The summed E-state index contributed by atoms with van der Waals surface area (Å²) in [5.41, 5.74) is 8.68. The third kappa shape index (κ3) is 4.76. The number of nitrogens with one attached hydrogen (secondary N) is 1. The number of aliphatic imine (C=N–C) groups is 1. The first-order valence-corrected chi connectivity index (χ1v) is 8.76. The minimum atomic E-state index is -0.393. The Balaban J connectivity index is 2.18. The summed E-state index contributed by atoms with van der Waals surface area (Å²) in [5, 5.41) is 3.21. The zero-order valence-electron chi connectivity index (χ0n) is 15.9. The second kappa shape index (κ2) is 9.24. The van der Waals surface area contributed by atoms with Gasteiger partial charge in [-0.15, -0.1) is 0 Å². The van der Waals surface area contributed by atoms with Crippen molar-refractivity contribution in [2.45, 2.75) is 39.5 Å². The van der Waals surface area contributed by atoms with Crippen LogP contribution in [-0.4, -0.2) is 43.8 Å². The third-order valence-electron chi connectivity index (χ3n) is 4.27. The van der Waals surface area contributed by atoms with Crippen molar-refractivity contribution >= 4 is 11.8 Å². The normalized spacial score (nSPS) is 18.3. The van der Waals surface area contributed by atoms with Gasteiger partial charge in [-0.3, -0.25) is 10.7 Å². The number of carbonyl (C=O) groups excluding carboxylic acids is 1. The summed E-state index contributed by atoms with van der Waals surface area (Å²) in [7, 11) is 2.93. The van der Waals surface area contributed by atoms with Gasteiger partial charge in [-0.25, -0.2) is 4.79 Å². The van der Waals surface area contributed by atoms with Crippen LogP contribution < -0.4 is 15.8 Å². The molecule has 0 radical (unpaired) electrons. The molecule has 1 aliphatic heterocycles. The molecule has 0 aromatic heterocycles. The number of hydrogen-bond acceptors (Lipinski definition) is 6. The number of rotatable bonds is 7. The first-order valence-electron chi connectivity index (χ1n) is 8.76. The van der Waals surface area contributed by atoms with Gasteiger partial charge in [0.1, 0.15) is 11.6 Å². The van der Waals surface area contributed by atoms with Crippen LogP contribution in [0.15, 0.2) is 35.0 Å². The van der Waals surface area contributed by atoms with Crippen molar-refractivity contribution < 1.29 is 14.3 Å². The Kier molecular flexibility index (Phi) is 7.03. The molecule has 0 amide bonds. The van der Waals surface area contributed by atoms with Gasteiger partial charge < -0.3 is 19.7 Å². The molecule has 1 atom stereocenters. The van der Waals surface area contributed by atoms with Gasteiger partial charge in [0.25, 0.3) is 0 Å². The molecule has 2 rings (SSSR count). The van der Waals surface area contributed by atoms with Crippen LogP contribution in [0.4, 0.5) is 0 Å². The van der Waals surface area contributed by atoms with Gasteiger partial charge in [-0.05, 0) is 31.6 Å². The average molecular weight is 360 g/mol. The molecule has 3 N–H and O–H groups in total. The van der Waals surface area contributed by atoms with Gasteiger partial charge in [-0.1, -0.05) is 19.4 Å². The van der Waals surface area contributed by atoms with Gasteiger partial charge in [0.05, 0.1) is 19.8 Å². The quantitative estimate of drug-likeness (QED) is 0.573. The van der Waals surface area contributed by atoms with E-state index in [0.29, 0.717) is 17.9 Å². The van der Waals surface area contributed by atoms with E-state index in [2.05, 4.69) is 17.2 Å². The van der Waals surface area contributed by atoms with E-state index in [1.54, 1.807) is 19.2 Å². The summed E-state index contributed by atoms with van der Waals surface area (Å²) in [4.78, 5) is 18.2. The summed E-state index contributed by atoms with van der Waals surface area (Å²) in [6, 6.07) is 5.26. The highest BCUT2D eigenvalue weighted by molar-refractivity contribution is 5.94. The van der Waals surface area contributed by atoms with Crippen molar-refractivity contribution in [2.75, 3.05) is 20.8 Å². The summed E-state index contributed by atoms with van der Waals surface area (Å²) in [5.74, 6) is 1.04. The van der Waals surface area contributed by atoms with E-state index >= 15 is 0 Å². The molecule has 7 nitrogen and oxygen atoms in total. The third-order valence-corrected chi connectivity index (χ3v) is 4.27. The molecule has 142 valence electrons. The predicted molar refractivity (Wildman–Crippen MR) is 102 cm³/mol. The summed E-state index contributed by atoms with van der Waals surface area (Å²) in [6.45, 7) is 5.48. The van der Waals surface area contributed by atoms with E-state index in [0.717, 1.165) is 36.5 Å². The van der Waals surface area contributed by atoms with E-state index in [9.17, 15) is 4.79 Å². The van der Waals surface area contributed by atoms with E-state index in [1.807, 2.05) is 24.0 Å². The van der Waals surface area contributed by atoms with Crippen molar-refractivity contribution in [3.8, 4) is 5.75 Å². The van der Waals surface area contributed by atoms with Crippen molar-refractivity contribution in [3.05, 3.63) is 41.1 Å². The SMILES string of the molecule is CCCCN=C1C=C(C)N(Cc2ccc(C(=O)OC)cc2OC)C(N)N1. The van der Waals surface area contributed by atoms with Gasteiger partial charge in [0, 0.05) is 24.4 Å². The monoisotopic (exact) mass is 360 g/mol. The summed E-state index contributed by atoms with van der Waals surface area (Å²) < 4.78 is 10.2. The van der Waals surface area contributed by atoms with Crippen molar-refractivity contribution in [2.24, 2.45) is 10.7 Å². The maximum atomic E-state index is 11.7. The lowest BCUT2D eigenvalue weighted by Crippen LogP contribution is -2.55. The number of hydrogen-bond donors (Lipinski definition) is 2.